The summed E-state index contributed by atoms with van der Waals surface area (Å²) in [5, 5.41) is 2.75. The van der Waals surface area contributed by atoms with Crippen LogP contribution in [0.1, 0.15) is 33.6 Å². The Morgan fingerprint density at radius 2 is 1.90 bits per heavy atom. The van der Waals surface area contributed by atoms with Gasteiger partial charge in [-0.25, -0.2) is 0 Å². The first-order valence-electron chi connectivity index (χ1n) is 7.66. The van der Waals surface area contributed by atoms with Gasteiger partial charge in [0.15, 0.2) is 0 Å². The molecule has 0 spiro atoms. The minimum Gasteiger partial charge on any atom is -0.382 e. The second-order valence-electron chi connectivity index (χ2n) is 5.76. The Bertz CT molecular complexity index is 347. The quantitative estimate of drug-likeness (QED) is 0.640. The predicted molar refractivity (Wildman–Crippen MR) is 79.9 cm³/mol. The largest absolute Gasteiger partial charge is 0.382 e. The maximum atomic E-state index is 12.3. The van der Waals surface area contributed by atoms with Crippen molar-refractivity contribution in [3.05, 3.63) is 0 Å². The predicted octanol–water partition coefficient (Wildman–Crippen LogP) is 0.801. The fraction of sp³-hybridized carbons (Fsp3) is 0.867. The maximum absolute atomic E-state index is 12.3. The second kappa shape index (κ2) is 9.00. The molecule has 1 fully saturated rings. The summed E-state index contributed by atoms with van der Waals surface area (Å²) in [5.74, 6) is 0.0708. The fourth-order valence-corrected chi connectivity index (χ4v) is 2.53. The molecule has 122 valence electrons. The van der Waals surface area contributed by atoms with Crippen LogP contribution in [0.4, 0.5) is 0 Å². The number of amides is 2. The van der Waals surface area contributed by atoms with E-state index in [0.717, 1.165) is 12.8 Å². The topological polar surface area (TPSA) is 67.9 Å². The highest BCUT2D eigenvalue weighted by Crippen LogP contribution is 2.18. The molecule has 2 unspecified atom stereocenters. The van der Waals surface area contributed by atoms with Crippen LogP contribution in [0.2, 0.25) is 0 Å². The number of hydrogen-bond donors (Lipinski definition) is 1. The van der Waals surface area contributed by atoms with Gasteiger partial charge >= 0.3 is 0 Å². The number of ether oxygens (including phenoxy) is 2. The van der Waals surface area contributed by atoms with Gasteiger partial charge in [-0.1, -0.05) is 13.8 Å². The highest BCUT2D eigenvalue weighted by Gasteiger charge is 2.39. The van der Waals surface area contributed by atoms with Crippen LogP contribution in [0.15, 0.2) is 0 Å². The number of carbonyl (C=O) groups is 2. The number of carbonyl (C=O) groups excluding carboxylic acids is 2. The molecule has 0 aromatic heterocycles. The summed E-state index contributed by atoms with van der Waals surface area (Å²) in [6.45, 7) is 8.11. The van der Waals surface area contributed by atoms with Crippen LogP contribution >= 0.6 is 0 Å². The van der Waals surface area contributed by atoms with Crippen molar-refractivity contribution in [2.75, 3.05) is 33.5 Å². The molecule has 21 heavy (non-hydrogen) atoms. The first kappa shape index (κ1) is 17.9. The van der Waals surface area contributed by atoms with Crippen molar-refractivity contribution in [2.45, 2.75) is 45.7 Å². The average Bonchev–Trinajstić information content (AvgIpc) is 2.42. The molecule has 2 amide bonds. The molecular formula is C15H28N2O4. The Hall–Kier alpha value is -1.14. The Kier molecular flexibility index (Phi) is 7.67. The summed E-state index contributed by atoms with van der Waals surface area (Å²) >= 11 is 0. The SMILES string of the molecule is COCCOCCCCN1C(=O)C(C)NC(=O)C1C(C)C. The number of hydrogen-bond acceptors (Lipinski definition) is 4. The Labute approximate surface area is 127 Å². The summed E-state index contributed by atoms with van der Waals surface area (Å²) in [4.78, 5) is 26.0. The number of methoxy groups -OCH3 is 1. The fourth-order valence-electron chi connectivity index (χ4n) is 2.53. The monoisotopic (exact) mass is 300 g/mol. The van der Waals surface area contributed by atoms with Crippen molar-refractivity contribution in [1.82, 2.24) is 10.2 Å². The molecular weight excluding hydrogens is 272 g/mol. The normalized spacial score (nSPS) is 22.8. The molecule has 1 N–H and O–H groups in total. The third kappa shape index (κ3) is 5.28. The van der Waals surface area contributed by atoms with E-state index in [1.807, 2.05) is 13.8 Å². The number of piperazine rings is 1. The van der Waals surface area contributed by atoms with Crippen molar-refractivity contribution in [2.24, 2.45) is 5.92 Å². The summed E-state index contributed by atoms with van der Waals surface area (Å²) in [6, 6.07) is -0.784. The van der Waals surface area contributed by atoms with E-state index >= 15 is 0 Å². The van der Waals surface area contributed by atoms with E-state index in [9.17, 15) is 9.59 Å². The van der Waals surface area contributed by atoms with Gasteiger partial charge in [0.2, 0.25) is 11.8 Å². The number of nitrogens with one attached hydrogen (secondary N) is 1. The van der Waals surface area contributed by atoms with Gasteiger partial charge < -0.3 is 19.7 Å². The molecule has 0 bridgehead atoms. The van der Waals surface area contributed by atoms with Gasteiger partial charge in [-0.3, -0.25) is 9.59 Å². The van der Waals surface area contributed by atoms with Gasteiger partial charge in [-0.2, -0.15) is 0 Å². The first-order valence-corrected chi connectivity index (χ1v) is 7.66. The molecule has 1 rings (SSSR count). The Balaban J connectivity index is 2.41. The van der Waals surface area contributed by atoms with Gasteiger partial charge in [0.05, 0.1) is 13.2 Å². The summed E-state index contributed by atoms with van der Waals surface area (Å²) in [7, 11) is 1.64. The lowest BCUT2D eigenvalue weighted by atomic mass is 9.97. The number of nitrogens with zero attached hydrogens (tertiary/aromatic N) is 1. The van der Waals surface area contributed by atoms with Gasteiger partial charge in [-0.15, -0.1) is 0 Å². The molecule has 1 aliphatic heterocycles. The molecule has 0 aromatic carbocycles. The molecule has 2 atom stereocenters. The third-order valence-corrected chi connectivity index (χ3v) is 3.62. The maximum Gasteiger partial charge on any atom is 0.245 e. The molecule has 6 nitrogen and oxygen atoms in total. The standard InChI is InChI=1S/C15H28N2O4/c1-11(2)13-14(18)16-12(3)15(19)17(13)7-5-6-8-21-10-9-20-4/h11-13H,5-10H2,1-4H3,(H,16,18). The minimum absolute atomic E-state index is 0.00796. The molecule has 0 aliphatic carbocycles. The van der Waals surface area contributed by atoms with E-state index in [1.54, 1.807) is 18.9 Å². The smallest absolute Gasteiger partial charge is 0.245 e. The minimum atomic E-state index is -0.426. The van der Waals surface area contributed by atoms with E-state index in [0.29, 0.717) is 26.4 Å². The van der Waals surface area contributed by atoms with Crippen molar-refractivity contribution in [3.63, 3.8) is 0 Å². The Morgan fingerprint density at radius 1 is 1.19 bits per heavy atom. The zero-order chi connectivity index (χ0) is 15.8. The molecule has 1 saturated heterocycles. The third-order valence-electron chi connectivity index (χ3n) is 3.62. The molecule has 0 saturated carbocycles. The van der Waals surface area contributed by atoms with Crippen LogP contribution < -0.4 is 5.32 Å². The highest BCUT2D eigenvalue weighted by atomic mass is 16.5. The lowest BCUT2D eigenvalue weighted by molar-refractivity contribution is -0.150. The molecule has 0 aromatic rings. The molecule has 1 heterocycles. The van der Waals surface area contributed by atoms with Gasteiger partial charge in [-0.05, 0) is 25.7 Å². The van der Waals surface area contributed by atoms with Crippen LogP contribution in [0.5, 0.6) is 0 Å². The van der Waals surface area contributed by atoms with Crippen molar-refractivity contribution in [1.29, 1.82) is 0 Å². The summed E-state index contributed by atoms with van der Waals surface area (Å²) in [5.41, 5.74) is 0. The van der Waals surface area contributed by atoms with Crippen LogP contribution in [-0.4, -0.2) is 62.3 Å². The van der Waals surface area contributed by atoms with Crippen LogP contribution in [-0.2, 0) is 19.1 Å². The Morgan fingerprint density at radius 3 is 2.52 bits per heavy atom. The first-order chi connectivity index (χ1) is 9.99. The van der Waals surface area contributed by atoms with E-state index in [2.05, 4.69) is 5.32 Å². The molecule has 1 aliphatic rings. The van der Waals surface area contributed by atoms with Crippen LogP contribution in [0, 0.1) is 5.92 Å². The van der Waals surface area contributed by atoms with E-state index in [4.69, 9.17) is 9.47 Å². The molecule has 0 radical (unpaired) electrons. The van der Waals surface area contributed by atoms with E-state index in [1.165, 1.54) is 0 Å². The second-order valence-corrected chi connectivity index (χ2v) is 5.76. The van der Waals surface area contributed by atoms with E-state index < -0.39 is 6.04 Å². The average molecular weight is 300 g/mol. The van der Waals surface area contributed by atoms with Crippen molar-refractivity contribution in [3.8, 4) is 0 Å². The summed E-state index contributed by atoms with van der Waals surface area (Å²) in [6.07, 6.45) is 1.70. The van der Waals surface area contributed by atoms with E-state index in [-0.39, 0.29) is 23.8 Å². The zero-order valence-corrected chi connectivity index (χ0v) is 13.6. The number of rotatable bonds is 9. The zero-order valence-electron chi connectivity index (χ0n) is 13.6. The number of unbranched alkanes of at least 4 members (excludes halogenated alkanes) is 1. The van der Waals surface area contributed by atoms with Crippen LogP contribution in [0.3, 0.4) is 0 Å². The van der Waals surface area contributed by atoms with Crippen LogP contribution in [0.25, 0.3) is 0 Å². The molecule has 6 heteroatoms. The van der Waals surface area contributed by atoms with Crippen molar-refractivity contribution >= 4 is 11.8 Å². The summed E-state index contributed by atoms with van der Waals surface area (Å²) < 4.78 is 10.3. The van der Waals surface area contributed by atoms with Crippen molar-refractivity contribution < 1.29 is 19.1 Å². The lowest BCUT2D eigenvalue weighted by Crippen LogP contribution is -2.64. The van der Waals surface area contributed by atoms with Gasteiger partial charge in [0.25, 0.3) is 0 Å². The van der Waals surface area contributed by atoms with Gasteiger partial charge in [0, 0.05) is 20.3 Å². The van der Waals surface area contributed by atoms with Gasteiger partial charge in [0.1, 0.15) is 12.1 Å². The highest BCUT2D eigenvalue weighted by molar-refractivity contribution is 5.96. The lowest BCUT2D eigenvalue weighted by Gasteiger charge is -2.40.